The van der Waals surface area contributed by atoms with Crippen LogP contribution < -0.4 is 10.9 Å². The fourth-order valence-electron chi connectivity index (χ4n) is 3.04. The van der Waals surface area contributed by atoms with Crippen LogP contribution in [0.2, 0.25) is 0 Å². The van der Waals surface area contributed by atoms with Gasteiger partial charge in [0.05, 0.1) is 0 Å². The maximum absolute atomic E-state index is 13.6. The summed E-state index contributed by atoms with van der Waals surface area (Å²) < 4.78 is 13.6. The highest BCUT2D eigenvalue weighted by molar-refractivity contribution is 5.41. The lowest BCUT2D eigenvalue weighted by Crippen LogP contribution is -2.30. The van der Waals surface area contributed by atoms with Crippen molar-refractivity contribution in [3.05, 3.63) is 65.5 Å². The first-order valence-electron chi connectivity index (χ1n) is 8.35. The first-order valence-corrected chi connectivity index (χ1v) is 8.35. The minimum Gasteiger partial charge on any atom is -0.321 e. The van der Waals surface area contributed by atoms with Gasteiger partial charge in [0.2, 0.25) is 0 Å². The van der Waals surface area contributed by atoms with Crippen LogP contribution in [0.5, 0.6) is 0 Å². The zero-order chi connectivity index (χ0) is 15.9. The summed E-state index contributed by atoms with van der Waals surface area (Å²) in [6.45, 7) is 3.73. The van der Waals surface area contributed by atoms with Gasteiger partial charge >= 0.3 is 0 Å². The third-order valence-corrected chi connectivity index (χ3v) is 4.30. The molecule has 1 aliphatic heterocycles. The molecule has 1 saturated heterocycles. The normalized spacial score (nSPS) is 15.5. The molecule has 0 atom stereocenters. The average molecular weight is 313 g/mol. The van der Waals surface area contributed by atoms with Gasteiger partial charge in [-0.15, -0.1) is 0 Å². The minimum atomic E-state index is -0.156. The zero-order valence-corrected chi connectivity index (χ0v) is 13.4. The van der Waals surface area contributed by atoms with Crippen molar-refractivity contribution in [3.8, 4) is 0 Å². The smallest absolute Gasteiger partial charge is 0.123 e. The molecule has 3 nitrogen and oxygen atoms in total. The number of anilines is 1. The Morgan fingerprint density at radius 1 is 0.913 bits per heavy atom. The molecule has 0 aliphatic carbocycles. The van der Waals surface area contributed by atoms with Crippen molar-refractivity contribution >= 4 is 5.69 Å². The average Bonchev–Trinajstić information content (AvgIpc) is 2.59. The maximum atomic E-state index is 13.6. The highest BCUT2D eigenvalue weighted by Gasteiger charge is 2.13. The second-order valence-corrected chi connectivity index (χ2v) is 6.09. The Balaban J connectivity index is 1.61. The van der Waals surface area contributed by atoms with Crippen molar-refractivity contribution < 1.29 is 4.39 Å². The topological polar surface area (TPSA) is 27.3 Å². The van der Waals surface area contributed by atoms with Crippen LogP contribution in [0.1, 0.15) is 30.4 Å². The van der Waals surface area contributed by atoms with Crippen LogP contribution in [-0.4, -0.2) is 18.0 Å². The maximum Gasteiger partial charge on any atom is 0.123 e. The molecule has 2 N–H and O–H groups in total. The summed E-state index contributed by atoms with van der Waals surface area (Å²) in [5.41, 5.74) is 9.64. The third-order valence-electron chi connectivity index (χ3n) is 4.30. The molecule has 1 fully saturated rings. The van der Waals surface area contributed by atoms with E-state index >= 15 is 0 Å². The Hall–Kier alpha value is -1.91. The second-order valence-electron chi connectivity index (χ2n) is 6.09. The molecule has 122 valence electrons. The third kappa shape index (κ3) is 4.78. The molecule has 0 radical (unpaired) electrons. The molecule has 0 unspecified atom stereocenters. The van der Waals surface area contributed by atoms with E-state index in [1.807, 2.05) is 36.4 Å². The van der Waals surface area contributed by atoms with E-state index in [0.29, 0.717) is 6.54 Å². The van der Waals surface area contributed by atoms with Gasteiger partial charge in [0.15, 0.2) is 0 Å². The van der Waals surface area contributed by atoms with Crippen LogP contribution in [0.15, 0.2) is 48.5 Å². The standard InChI is InChI=1S/C19H24FN3/c20-18-10-9-16(14-21-22-19-7-3-1-4-8-19)17(13-18)15-23-11-5-2-6-12-23/h1,3-4,7-10,13,21-22H,2,5-6,11-12,14-15H2. The van der Waals surface area contributed by atoms with Crippen LogP contribution in [0.4, 0.5) is 10.1 Å². The Bertz CT molecular complexity index is 609. The number of hydrogen-bond donors (Lipinski definition) is 2. The number of rotatable bonds is 6. The molecule has 0 spiro atoms. The van der Waals surface area contributed by atoms with E-state index in [2.05, 4.69) is 15.8 Å². The van der Waals surface area contributed by atoms with Gasteiger partial charge in [-0.1, -0.05) is 30.7 Å². The number of piperidine rings is 1. The molecule has 0 bridgehead atoms. The summed E-state index contributed by atoms with van der Waals surface area (Å²) in [6.07, 6.45) is 3.81. The van der Waals surface area contributed by atoms with E-state index in [1.54, 1.807) is 12.1 Å². The summed E-state index contributed by atoms with van der Waals surface area (Å²) in [6, 6.07) is 15.1. The highest BCUT2D eigenvalue weighted by atomic mass is 19.1. The number of nitrogens with zero attached hydrogens (tertiary/aromatic N) is 1. The van der Waals surface area contributed by atoms with Crippen molar-refractivity contribution in [2.24, 2.45) is 0 Å². The number of hydrogen-bond acceptors (Lipinski definition) is 3. The number of likely N-dealkylation sites (tertiary alicyclic amines) is 1. The fourth-order valence-corrected chi connectivity index (χ4v) is 3.04. The van der Waals surface area contributed by atoms with Gasteiger partial charge in [-0.2, -0.15) is 0 Å². The van der Waals surface area contributed by atoms with E-state index in [1.165, 1.54) is 19.3 Å². The molecule has 23 heavy (non-hydrogen) atoms. The molecule has 1 aliphatic rings. The van der Waals surface area contributed by atoms with Gasteiger partial charge in [-0.05, 0) is 61.3 Å². The molecule has 1 heterocycles. The Morgan fingerprint density at radius 2 is 1.70 bits per heavy atom. The number of para-hydroxylation sites is 1. The molecule has 2 aromatic rings. The van der Waals surface area contributed by atoms with Gasteiger partial charge in [-0.3, -0.25) is 4.90 Å². The highest BCUT2D eigenvalue weighted by Crippen LogP contribution is 2.17. The molecule has 0 amide bonds. The summed E-state index contributed by atoms with van der Waals surface area (Å²) in [7, 11) is 0. The summed E-state index contributed by atoms with van der Waals surface area (Å²) in [5, 5.41) is 0. The predicted octanol–water partition coefficient (Wildman–Crippen LogP) is 3.93. The summed E-state index contributed by atoms with van der Waals surface area (Å²) >= 11 is 0. The fraction of sp³-hybridized carbons (Fsp3) is 0.368. The van der Waals surface area contributed by atoms with Crippen molar-refractivity contribution in [1.29, 1.82) is 0 Å². The van der Waals surface area contributed by atoms with Gasteiger partial charge in [0.1, 0.15) is 5.82 Å². The van der Waals surface area contributed by atoms with E-state index in [-0.39, 0.29) is 5.82 Å². The molecule has 3 rings (SSSR count). The van der Waals surface area contributed by atoms with E-state index in [9.17, 15) is 4.39 Å². The molecular formula is C19H24FN3. The van der Waals surface area contributed by atoms with Crippen molar-refractivity contribution in [2.45, 2.75) is 32.4 Å². The minimum absolute atomic E-state index is 0.156. The molecule has 0 saturated carbocycles. The number of hydrazine groups is 1. The first kappa shape index (κ1) is 16.0. The molecule has 2 aromatic carbocycles. The van der Waals surface area contributed by atoms with Crippen LogP contribution in [-0.2, 0) is 13.1 Å². The Morgan fingerprint density at radius 3 is 2.48 bits per heavy atom. The van der Waals surface area contributed by atoms with Crippen LogP contribution in [0.25, 0.3) is 0 Å². The van der Waals surface area contributed by atoms with Crippen LogP contribution >= 0.6 is 0 Å². The van der Waals surface area contributed by atoms with E-state index in [0.717, 1.165) is 36.4 Å². The van der Waals surface area contributed by atoms with Gasteiger partial charge in [0.25, 0.3) is 0 Å². The van der Waals surface area contributed by atoms with E-state index < -0.39 is 0 Å². The number of benzene rings is 2. The summed E-state index contributed by atoms with van der Waals surface area (Å²) in [5.74, 6) is -0.156. The first-order chi connectivity index (χ1) is 11.3. The SMILES string of the molecule is Fc1ccc(CNNc2ccccc2)c(CN2CCCCC2)c1. The van der Waals surface area contributed by atoms with Crippen LogP contribution in [0, 0.1) is 5.82 Å². The molecular weight excluding hydrogens is 289 g/mol. The predicted molar refractivity (Wildman–Crippen MR) is 92.4 cm³/mol. The van der Waals surface area contributed by atoms with Gasteiger partial charge in [0, 0.05) is 18.8 Å². The van der Waals surface area contributed by atoms with Gasteiger partial charge < -0.3 is 5.43 Å². The number of halogens is 1. The lowest BCUT2D eigenvalue weighted by atomic mass is 10.0. The number of nitrogens with one attached hydrogen (secondary N) is 2. The van der Waals surface area contributed by atoms with E-state index in [4.69, 9.17) is 0 Å². The summed E-state index contributed by atoms with van der Waals surface area (Å²) in [4.78, 5) is 2.42. The Labute approximate surface area is 137 Å². The van der Waals surface area contributed by atoms with Crippen LogP contribution in [0.3, 0.4) is 0 Å². The monoisotopic (exact) mass is 313 g/mol. The second kappa shape index (κ2) is 8.09. The molecule has 4 heteroatoms. The quantitative estimate of drug-likeness (QED) is 0.791. The van der Waals surface area contributed by atoms with Crippen molar-refractivity contribution in [3.63, 3.8) is 0 Å². The Kier molecular flexibility index (Phi) is 5.61. The molecule has 0 aromatic heterocycles. The van der Waals surface area contributed by atoms with Gasteiger partial charge in [-0.25, -0.2) is 9.82 Å². The zero-order valence-electron chi connectivity index (χ0n) is 13.4. The van der Waals surface area contributed by atoms with Crippen molar-refractivity contribution in [1.82, 2.24) is 10.3 Å². The lowest BCUT2D eigenvalue weighted by Gasteiger charge is -2.27. The van der Waals surface area contributed by atoms with Crippen molar-refractivity contribution in [2.75, 3.05) is 18.5 Å². The largest absolute Gasteiger partial charge is 0.321 e. The lowest BCUT2D eigenvalue weighted by molar-refractivity contribution is 0.220.